The van der Waals surface area contributed by atoms with Gasteiger partial charge in [0, 0.05) is 18.8 Å². The van der Waals surface area contributed by atoms with Gasteiger partial charge in [-0.3, -0.25) is 4.79 Å². The van der Waals surface area contributed by atoms with Crippen LogP contribution in [0.25, 0.3) is 0 Å². The molecule has 4 nitrogen and oxygen atoms in total. The van der Waals surface area contributed by atoms with Gasteiger partial charge < -0.3 is 15.8 Å². The number of carbonyl (C=O) groups is 1. The number of nitrogens with one attached hydrogen (secondary N) is 1. The Morgan fingerprint density at radius 3 is 2.44 bits per heavy atom. The lowest BCUT2D eigenvalue weighted by Crippen LogP contribution is -2.28. The Kier molecular flexibility index (Phi) is 5.82. The first-order chi connectivity index (χ1) is 8.52. The minimum Gasteiger partial charge on any atom is -0.375 e. The molecule has 0 aromatic heterocycles. The van der Waals surface area contributed by atoms with Crippen LogP contribution in [0.3, 0.4) is 0 Å². The first-order valence-corrected chi connectivity index (χ1v) is 6.16. The molecule has 1 unspecified atom stereocenters. The molecule has 1 aromatic rings. The molecule has 0 aliphatic heterocycles. The number of hydrogen-bond acceptors (Lipinski definition) is 3. The van der Waals surface area contributed by atoms with Crippen LogP contribution in [0.15, 0.2) is 24.3 Å². The smallest absolute Gasteiger partial charge is 0.250 e. The number of rotatable bonds is 6. The van der Waals surface area contributed by atoms with Gasteiger partial charge in [-0.1, -0.05) is 26.0 Å². The van der Waals surface area contributed by atoms with E-state index in [0.717, 1.165) is 12.1 Å². The molecule has 3 N–H and O–H groups in total. The maximum absolute atomic E-state index is 11.3. The molecule has 0 aliphatic rings. The summed E-state index contributed by atoms with van der Waals surface area (Å²) >= 11 is 0. The Labute approximate surface area is 109 Å². The highest BCUT2D eigenvalue weighted by atomic mass is 16.5. The maximum atomic E-state index is 11.3. The predicted octanol–water partition coefficient (Wildman–Crippen LogP) is 1.80. The predicted molar refractivity (Wildman–Crippen MR) is 73.5 cm³/mol. The molecule has 0 bridgehead atoms. The first kappa shape index (κ1) is 14.7. The molecule has 1 rings (SSSR count). The summed E-state index contributed by atoms with van der Waals surface area (Å²) in [5, 5.41) is 2.75. The van der Waals surface area contributed by atoms with Crippen LogP contribution in [0.2, 0.25) is 0 Å². The van der Waals surface area contributed by atoms with Gasteiger partial charge in [0.05, 0.1) is 0 Å². The summed E-state index contributed by atoms with van der Waals surface area (Å²) in [4.78, 5) is 11.3. The topological polar surface area (TPSA) is 64.3 Å². The third-order valence-electron chi connectivity index (χ3n) is 2.84. The molecule has 0 fully saturated rings. The van der Waals surface area contributed by atoms with Crippen molar-refractivity contribution in [2.75, 3.05) is 19.0 Å². The summed E-state index contributed by atoms with van der Waals surface area (Å²) < 4.78 is 4.75. The van der Waals surface area contributed by atoms with E-state index in [-0.39, 0.29) is 18.6 Å². The highest BCUT2D eigenvalue weighted by molar-refractivity contribution is 5.91. The molecule has 18 heavy (non-hydrogen) atoms. The van der Waals surface area contributed by atoms with Crippen LogP contribution in [0.5, 0.6) is 0 Å². The van der Waals surface area contributed by atoms with E-state index >= 15 is 0 Å². The fourth-order valence-electron chi connectivity index (χ4n) is 1.56. The van der Waals surface area contributed by atoms with Gasteiger partial charge in [0.2, 0.25) is 5.91 Å². The molecule has 1 aromatic carbocycles. The third-order valence-corrected chi connectivity index (χ3v) is 2.84. The van der Waals surface area contributed by atoms with E-state index in [1.807, 2.05) is 24.3 Å². The minimum atomic E-state index is -0.149. The van der Waals surface area contributed by atoms with E-state index in [0.29, 0.717) is 5.92 Å². The summed E-state index contributed by atoms with van der Waals surface area (Å²) in [6.45, 7) is 4.30. The number of carbonyl (C=O) groups excluding carboxylic acids is 1. The maximum Gasteiger partial charge on any atom is 0.250 e. The number of anilines is 1. The van der Waals surface area contributed by atoms with Crippen molar-refractivity contribution in [1.29, 1.82) is 0 Å². The number of amides is 1. The first-order valence-electron chi connectivity index (χ1n) is 6.16. The van der Waals surface area contributed by atoms with Crippen LogP contribution in [-0.2, 0) is 16.0 Å². The van der Waals surface area contributed by atoms with Gasteiger partial charge in [0.1, 0.15) is 6.61 Å². The summed E-state index contributed by atoms with van der Waals surface area (Å²) in [6, 6.07) is 7.92. The molecular formula is C14H22N2O2. The average Bonchev–Trinajstić information content (AvgIpc) is 2.31. The monoisotopic (exact) mass is 250 g/mol. The van der Waals surface area contributed by atoms with Gasteiger partial charge in [-0.25, -0.2) is 0 Å². The fraction of sp³-hybridized carbons (Fsp3) is 0.500. The second kappa shape index (κ2) is 7.13. The lowest BCUT2D eigenvalue weighted by molar-refractivity contribution is -0.119. The normalized spacial score (nSPS) is 12.5. The van der Waals surface area contributed by atoms with E-state index in [1.54, 1.807) is 0 Å². The number of hydrogen-bond donors (Lipinski definition) is 2. The van der Waals surface area contributed by atoms with E-state index in [1.165, 1.54) is 12.7 Å². The molecule has 0 spiro atoms. The molecule has 1 atom stereocenters. The zero-order valence-electron chi connectivity index (χ0n) is 11.3. The molecule has 1 amide bonds. The van der Waals surface area contributed by atoms with Crippen molar-refractivity contribution < 1.29 is 9.53 Å². The van der Waals surface area contributed by atoms with E-state index in [2.05, 4.69) is 19.2 Å². The Morgan fingerprint density at radius 1 is 1.33 bits per heavy atom. The van der Waals surface area contributed by atoms with Crippen LogP contribution >= 0.6 is 0 Å². The Bertz CT molecular complexity index is 374. The van der Waals surface area contributed by atoms with E-state index in [9.17, 15) is 4.79 Å². The van der Waals surface area contributed by atoms with Crippen molar-refractivity contribution in [3.63, 3.8) is 0 Å². The van der Waals surface area contributed by atoms with Crippen molar-refractivity contribution >= 4 is 11.6 Å². The van der Waals surface area contributed by atoms with Crippen LogP contribution in [0.1, 0.15) is 19.4 Å². The second-order valence-corrected chi connectivity index (χ2v) is 4.79. The van der Waals surface area contributed by atoms with Gasteiger partial charge >= 0.3 is 0 Å². The highest BCUT2D eigenvalue weighted by Gasteiger charge is 2.08. The van der Waals surface area contributed by atoms with Crippen LogP contribution in [0, 0.1) is 5.92 Å². The lowest BCUT2D eigenvalue weighted by atomic mass is 9.97. The standard InChI is InChI=1S/C14H22N2O2/c1-10(2)13(15)8-11-4-6-12(7-5-11)16-14(17)9-18-3/h4-7,10,13H,8-9,15H2,1-3H3,(H,16,17). The van der Waals surface area contributed by atoms with Crippen molar-refractivity contribution in [2.45, 2.75) is 26.3 Å². The molecule has 4 heteroatoms. The van der Waals surface area contributed by atoms with Crippen LogP contribution < -0.4 is 11.1 Å². The number of benzene rings is 1. The highest BCUT2D eigenvalue weighted by Crippen LogP contribution is 2.13. The summed E-state index contributed by atoms with van der Waals surface area (Å²) in [5.74, 6) is 0.315. The summed E-state index contributed by atoms with van der Waals surface area (Å²) in [7, 11) is 1.50. The summed E-state index contributed by atoms with van der Waals surface area (Å²) in [6.07, 6.45) is 0.851. The number of nitrogens with two attached hydrogens (primary N) is 1. The van der Waals surface area contributed by atoms with Crippen molar-refractivity contribution in [3.05, 3.63) is 29.8 Å². The second-order valence-electron chi connectivity index (χ2n) is 4.79. The Morgan fingerprint density at radius 2 is 1.94 bits per heavy atom. The molecule has 0 saturated heterocycles. The van der Waals surface area contributed by atoms with Gasteiger partial charge in [0.25, 0.3) is 0 Å². The van der Waals surface area contributed by atoms with Crippen LogP contribution in [-0.4, -0.2) is 25.7 Å². The average molecular weight is 250 g/mol. The quantitative estimate of drug-likeness (QED) is 0.809. The third kappa shape index (κ3) is 4.85. The van der Waals surface area contributed by atoms with Gasteiger partial charge in [-0.2, -0.15) is 0 Å². The van der Waals surface area contributed by atoms with Crippen molar-refractivity contribution in [1.82, 2.24) is 0 Å². The molecule has 0 aliphatic carbocycles. The largest absolute Gasteiger partial charge is 0.375 e. The van der Waals surface area contributed by atoms with Gasteiger partial charge in [-0.05, 0) is 30.0 Å². The van der Waals surface area contributed by atoms with Gasteiger partial charge in [-0.15, -0.1) is 0 Å². The van der Waals surface area contributed by atoms with Crippen LogP contribution in [0.4, 0.5) is 5.69 Å². The molecule has 0 saturated carbocycles. The van der Waals surface area contributed by atoms with E-state index < -0.39 is 0 Å². The SMILES string of the molecule is COCC(=O)Nc1ccc(CC(N)C(C)C)cc1. The summed E-state index contributed by atoms with van der Waals surface area (Å²) in [5.41, 5.74) is 7.98. The zero-order valence-corrected chi connectivity index (χ0v) is 11.3. The molecule has 100 valence electrons. The van der Waals surface area contributed by atoms with E-state index in [4.69, 9.17) is 10.5 Å². The Hall–Kier alpha value is -1.39. The lowest BCUT2D eigenvalue weighted by Gasteiger charge is -2.15. The molecule has 0 radical (unpaired) electrons. The number of methoxy groups -OCH3 is 1. The molecular weight excluding hydrogens is 228 g/mol. The molecule has 0 heterocycles. The van der Waals surface area contributed by atoms with Crippen molar-refractivity contribution in [3.8, 4) is 0 Å². The zero-order chi connectivity index (χ0) is 13.5. The van der Waals surface area contributed by atoms with Crippen molar-refractivity contribution in [2.24, 2.45) is 11.7 Å². The minimum absolute atomic E-state index is 0.0694. The Balaban J connectivity index is 2.54. The fourth-order valence-corrected chi connectivity index (χ4v) is 1.56. The van der Waals surface area contributed by atoms with Gasteiger partial charge in [0.15, 0.2) is 0 Å². The number of ether oxygens (including phenoxy) is 1.